The van der Waals surface area contributed by atoms with Gasteiger partial charge in [0.05, 0.1) is 13.7 Å². The van der Waals surface area contributed by atoms with Crippen molar-refractivity contribution in [2.75, 3.05) is 13.7 Å². The van der Waals surface area contributed by atoms with Crippen LogP contribution in [0.25, 0.3) is 0 Å². The van der Waals surface area contributed by atoms with Crippen LogP contribution in [-0.4, -0.2) is 25.7 Å². The van der Waals surface area contributed by atoms with Crippen LogP contribution >= 0.6 is 0 Å². The molecule has 0 aliphatic carbocycles. The van der Waals surface area contributed by atoms with E-state index < -0.39 is 5.97 Å². The average Bonchev–Trinajstić information content (AvgIpc) is 2.45. The van der Waals surface area contributed by atoms with E-state index >= 15 is 0 Å². The van der Waals surface area contributed by atoms with E-state index in [1.54, 1.807) is 0 Å². The molecule has 0 aliphatic rings. The summed E-state index contributed by atoms with van der Waals surface area (Å²) >= 11 is 0. The molecule has 0 bridgehead atoms. The number of carbonyl (C=O) groups excluding carboxylic acids is 2. The lowest BCUT2D eigenvalue weighted by molar-refractivity contribution is -0.139. The lowest BCUT2D eigenvalue weighted by atomic mass is 10.2. The molecule has 0 amide bonds. The summed E-state index contributed by atoms with van der Waals surface area (Å²) < 4.78 is 9.15. The molecular formula is C15H26O4. The molecule has 4 heteroatoms. The van der Waals surface area contributed by atoms with Gasteiger partial charge in [0.1, 0.15) is 0 Å². The first-order valence-corrected chi connectivity index (χ1v) is 6.58. The number of unbranched alkanes of at least 4 members (excludes halogenated alkanes) is 3. The highest BCUT2D eigenvalue weighted by Gasteiger charge is 2.04. The first-order valence-electron chi connectivity index (χ1n) is 6.58. The highest BCUT2D eigenvalue weighted by Crippen LogP contribution is 2.03. The molecule has 0 saturated carbocycles. The molecule has 0 aliphatic heterocycles. The number of rotatable bonds is 8. The van der Waals surface area contributed by atoms with Crippen molar-refractivity contribution < 1.29 is 19.1 Å². The van der Waals surface area contributed by atoms with Gasteiger partial charge in [-0.2, -0.15) is 0 Å². The molecule has 0 saturated heterocycles. The minimum absolute atomic E-state index is 0.237. The molecule has 0 rings (SSSR count). The third-order valence-corrected chi connectivity index (χ3v) is 2.31. The Morgan fingerprint density at radius 2 is 1.79 bits per heavy atom. The minimum atomic E-state index is -0.394. The van der Waals surface area contributed by atoms with E-state index in [9.17, 15) is 9.59 Å². The molecule has 0 fully saturated rings. The van der Waals surface area contributed by atoms with Gasteiger partial charge in [0.15, 0.2) is 0 Å². The lowest BCUT2D eigenvalue weighted by Crippen LogP contribution is -2.07. The molecule has 0 aromatic rings. The van der Waals surface area contributed by atoms with Crippen LogP contribution < -0.4 is 0 Å². The maximum atomic E-state index is 11.1. The maximum Gasteiger partial charge on any atom is 0.333 e. The second kappa shape index (κ2) is 14.5. The Morgan fingerprint density at radius 1 is 1.16 bits per heavy atom. The van der Waals surface area contributed by atoms with Gasteiger partial charge in [-0.15, -0.1) is 0 Å². The molecule has 0 aromatic carbocycles. The first-order chi connectivity index (χ1) is 9.03. The van der Waals surface area contributed by atoms with E-state index in [1.165, 1.54) is 20.0 Å². The van der Waals surface area contributed by atoms with Crippen LogP contribution in [0.5, 0.6) is 0 Å². The molecule has 0 N–H and O–H groups in total. The summed E-state index contributed by atoms with van der Waals surface area (Å²) in [5.74, 6) is -0.631. The zero-order valence-corrected chi connectivity index (χ0v) is 12.4. The molecule has 19 heavy (non-hydrogen) atoms. The summed E-state index contributed by atoms with van der Waals surface area (Å²) in [5.41, 5.74) is 0.565. The fraction of sp³-hybridized carbons (Fsp3) is 0.600. The van der Waals surface area contributed by atoms with Gasteiger partial charge in [-0.3, -0.25) is 0 Å². The van der Waals surface area contributed by atoms with Gasteiger partial charge < -0.3 is 9.47 Å². The third kappa shape index (κ3) is 14.4. The van der Waals surface area contributed by atoms with Gasteiger partial charge in [0.2, 0.25) is 0 Å². The van der Waals surface area contributed by atoms with Crippen molar-refractivity contribution in [2.24, 2.45) is 0 Å². The highest BCUT2D eigenvalue weighted by atomic mass is 16.5. The van der Waals surface area contributed by atoms with Crippen LogP contribution in [0.2, 0.25) is 0 Å². The molecule has 0 aromatic heterocycles. The minimum Gasteiger partial charge on any atom is -0.466 e. The Kier molecular flexibility index (Phi) is 15.1. The molecule has 110 valence electrons. The molecule has 0 radical (unpaired) electrons. The van der Waals surface area contributed by atoms with Crippen LogP contribution in [-0.2, 0) is 19.1 Å². The largest absolute Gasteiger partial charge is 0.466 e. The number of hydrogen-bond acceptors (Lipinski definition) is 4. The Hall–Kier alpha value is -1.58. The van der Waals surface area contributed by atoms with Crippen molar-refractivity contribution >= 4 is 11.9 Å². The van der Waals surface area contributed by atoms with Crippen LogP contribution in [0.3, 0.4) is 0 Å². The summed E-state index contributed by atoms with van der Waals surface area (Å²) in [7, 11) is 1.31. The number of esters is 2. The summed E-state index contributed by atoms with van der Waals surface area (Å²) in [5, 5.41) is 0. The first kappa shape index (κ1) is 19.8. The van der Waals surface area contributed by atoms with Gasteiger partial charge in [0, 0.05) is 11.6 Å². The summed E-state index contributed by atoms with van der Waals surface area (Å²) in [6.07, 6.45) is 6.31. The molecular weight excluding hydrogens is 244 g/mol. The second-order valence-electron chi connectivity index (χ2n) is 3.88. The van der Waals surface area contributed by atoms with Crippen LogP contribution in [0.4, 0.5) is 0 Å². The summed E-state index contributed by atoms with van der Waals surface area (Å²) in [6, 6.07) is 0. The van der Waals surface area contributed by atoms with E-state index in [4.69, 9.17) is 4.74 Å². The van der Waals surface area contributed by atoms with Gasteiger partial charge in [-0.1, -0.05) is 46.3 Å². The Balaban J connectivity index is 0. The fourth-order valence-corrected chi connectivity index (χ4v) is 1.02. The predicted octanol–water partition coefficient (Wildman–Crippen LogP) is 3.42. The van der Waals surface area contributed by atoms with E-state index in [2.05, 4.69) is 24.8 Å². The third-order valence-electron chi connectivity index (χ3n) is 2.31. The predicted molar refractivity (Wildman–Crippen MR) is 76.7 cm³/mol. The molecule has 4 nitrogen and oxygen atoms in total. The maximum absolute atomic E-state index is 11.1. The van der Waals surface area contributed by atoms with E-state index in [1.807, 2.05) is 6.92 Å². The van der Waals surface area contributed by atoms with Gasteiger partial charge >= 0.3 is 11.9 Å². The Bertz CT molecular complexity index is 282. The summed E-state index contributed by atoms with van der Waals surface area (Å²) in [4.78, 5) is 20.9. The number of ether oxygens (including phenoxy) is 2. The van der Waals surface area contributed by atoms with Crippen molar-refractivity contribution in [3.8, 4) is 0 Å². The van der Waals surface area contributed by atoms with Crippen LogP contribution in [0, 0.1) is 0 Å². The molecule has 0 heterocycles. The lowest BCUT2D eigenvalue weighted by Gasteiger charge is -2.04. The number of methoxy groups -OCH3 is 1. The van der Waals surface area contributed by atoms with E-state index in [-0.39, 0.29) is 5.97 Å². The zero-order chi connectivity index (χ0) is 15.1. The molecule has 0 unspecified atom stereocenters. The smallest absolute Gasteiger partial charge is 0.333 e. The Morgan fingerprint density at radius 3 is 2.16 bits per heavy atom. The summed E-state index contributed by atoms with van der Waals surface area (Å²) in [6.45, 7) is 11.4. The van der Waals surface area contributed by atoms with Gasteiger partial charge in [0.25, 0.3) is 0 Å². The van der Waals surface area contributed by atoms with E-state index in [0.29, 0.717) is 18.6 Å². The van der Waals surface area contributed by atoms with E-state index in [0.717, 1.165) is 18.9 Å². The highest BCUT2D eigenvalue weighted by molar-refractivity contribution is 5.87. The molecule has 0 atom stereocenters. The van der Waals surface area contributed by atoms with Crippen molar-refractivity contribution in [1.29, 1.82) is 0 Å². The quantitative estimate of drug-likeness (QED) is 0.385. The normalized spacial score (nSPS) is 8.79. The van der Waals surface area contributed by atoms with Crippen molar-refractivity contribution in [2.45, 2.75) is 46.0 Å². The van der Waals surface area contributed by atoms with Crippen molar-refractivity contribution in [3.05, 3.63) is 24.8 Å². The van der Waals surface area contributed by atoms with Crippen molar-refractivity contribution in [1.82, 2.24) is 0 Å². The number of hydrogen-bond donors (Lipinski definition) is 0. The van der Waals surface area contributed by atoms with Crippen LogP contribution in [0.15, 0.2) is 24.8 Å². The Labute approximate surface area is 116 Å². The fourth-order valence-electron chi connectivity index (χ4n) is 1.02. The monoisotopic (exact) mass is 270 g/mol. The average molecular weight is 270 g/mol. The van der Waals surface area contributed by atoms with Crippen molar-refractivity contribution in [3.63, 3.8) is 0 Å². The zero-order valence-electron chi connectivity index (χ0n) is 12.4. The molecule has 0 spiro atoms. The van der Waals surface area contributed by atoms with Crippen LogP contribution in [0.1, 0.15) is 46.0 Å². The standard InChI is InChI=1S/C11H20O2.C4H6O2/c1-4-6-7-8-9-13-11(12)10(3)5-2;1-3-4(5)6-2/h3-9H2,1-2H3;3H,1H2,2H3. The topological polar surface area (TPSA) is 52.6 Å². The van der Waals surface area contributed by atoms with Gasteiger partial charge in [-0.25, -0.2) is 9.59 Å². The second-order valence-corrected chi connectivity index (χ2v) is 3.88. The number of carbonyl (C=O) groups is 2. The SMILES string of the molecule is C=C(CC)C(=O)OCCCCCC.C=CC(=O)OC. The van der Waals surface area contributed by atoms with Gasteiger partial charge in [-0.05, 0) is 12.8 Å².